The number of halogens is 1. The summed E-state index contributed by atoms with van der Waals surface area (Å²) < 4.78 is 0. The van der Waals surface area contributed by atoms with Crippen LogP contribution in [0.3, 0.4) is 0 Å². The van der Waals surface area contributed by atoms with E-state index in [1.165, 1.54) is 0 Å². The van der Waals surface area contributed by atoms with Gasteiger partial charge in [-0.25, -0.2) is 0 Å². The summed E-state index contributed by atoms with van der Waals surface area (Å²) in [5, 5.41) is 0.129. The highest BCUT2D eigenvalue weighted by Crippen LogP contribution is 2.29. The maximum atomic E-state index is 6.19. The first-order valence-corrected chi connectivity index (χ1v) is 5.53. The van der Waals surface area contributed by atoms with Crippen molar-refractivity contribution in [2.45, 2.75) is 39.0 Å². The van der Waals surface area contributed by atoms with Crippen molar-refractivity contribution >= 4 is 11.6 Å². The molecule has 0 N–H and O–H groups in total. The molecule has 0 saturated heterocycles. The minimum absolute atomic E-state index is 0.129. The molecule has 0 amide bonds. The molecule has 0 spiro atoms. The van der Waals surface area contributed by atoms with E-state index in [9.17, 15) is 0 Å². The van der Waals surface area contributed by atoms with E-state index < -0.39 is 0 Å². The van der Waals surface area contributed by atoms with E-state index in [0.717, 1.165) is 11.4 Å². The molecule has 0 aliphatic heterocycles. The topological polar surface area (TPSA) is 12.9 Å². The Labute approximate surface area is 91.5 Å². The van der Waals surface area contributed by atoms with Gasteiger partial charge in [0.05, 0.1) is 0 Å². The summed E-state index contributed by atoms with van der Waals surface area (Å²) in [5.74, 6) is 0.869. The number of aryl methyl sites for hydroxylation is 1. The molecule has 2 atom stereocenters. The Bertz CT molecular complexity index is 286. The minimum Gasteiger partial charge on any atom is -0.258 e. The van der Waals surface area contributed by atoms with Crippen molar-refractivity contribution in [1.29, 1.82) is 0 Å². The van der Waals surface area contributed by atoms with Crippen molar-refractivity contribution in [2.75, 3.05) is 0 Å². The molecule has 78 valence electrons. The van der Waals surface area contributed by atoms with Crippen LogP contribution in [0.25, 0.3) is 0 Å². The Morgan fingerprint density at radius 1 is 1.21 bits per heavy atom. The number of alkyl halides is 1. The van der Waals surface area contributed by atoms with Gasteiger partial charge < -0.3 is 0 Å². The number of pyridine rings is 1. The molecule has 0 aromatic carbocycles. The predicted octanol–water partition coefficient (Wildman–Crippen LogP) is 3.76. The third-order valence-electron chi connectivity index (χ3n) is 2.46. The molecule has 2 unspecified atom stereocenters. The summed E-state index contributed by atoms with van der Waals surface area (Å²) in [5.41, 5.74) is 2.17. The summed E-state index contributed by atoms with van der Waals surface area (Å²) in [6.07, 6.45) is 0. The fraction of sp³-hybridized carbons (Fsp3) is 0.583. The second kappa shape index (κ2) is 4.79. The Hall–Kier alpha value is -0.560. The molecule has 1 heterocycles. The lowest BCUT2D eigenvalue weighted by Crippen LogP contribution is -2.17. The summed E-state index contributed by atoms with van der Waals surface area (Å²) >= 11 is 6.19. The van der Waals surface area contributed by atoms with Gasteiger partial charge in [-0.3, -0.25) is 4.98 Å². The van der Waals surface area contributed by atoms with Crippen LogP contribution in [-0.4, -0.2) is 10.4 Å². The molecule has 1 aromatic rings. The van der Waals surface area contributed by atoms with Gasteiger partial charge in [0.1, 0.15) is 0 Å². The van der Waals surface area contributed by atoms with Crippen LogP contribution < -0.4 is 0 Å². The van der Waals surface area contributed by atoms with Crippen LogP contribution in [-0.2, 0) is 0 Å². The lowest BCUT2D eigenvalue weighted by Gasteiger charge is -2.22. The second-order valence-electron chi connectivity index (χ2n) is 4.15. The fourth-order valence-electron chi connectivity index (χ4n) is 1.86. The van der Waals surface area contributed by atoms with Crippen molar-refractivity contribution in [3.05, 3.63) is 29.6 Å². The van der Waals surface area contributed by atoms with E-state index in [4.69, 9.17) is 11.6 Å². The first-order chi connectivity index (χ1) is 6.52. The van der Waals surface area contributed by atoms with Gasteiger partial charge in [-0.1, -0.05) is 19.9 Å². The first kappa shape index (κ1) is 11.5. The third-order valence-corrected chi connectivity index (χ3v) is 2.74. The Balaban J connectivity index is 2.99. The summed E-state index contributed by atoms with van der Waals surface area (Å²) in [6.45, 7) is 8.43. The molecule has 0 aliphatic carbocycles. The predicted molar refractivity (Wildman–Crippen MR) is 61.9 cm³/mol. The largest absolute Gasteiger partial charge is 0.258 e. The molecular formula is C12H18ClN. The average molecular weight is 212 g/mol. The van der Waals surface area contributed by atoms with Gasteiger partial charge in [0.25, 0.3) is 0 Å². The first-order valence-electron chi connectivity index (χ1n) is 5.10. The molecule has 0 aliphatic rings. The van der Waals surface area contributed by atoms with Gasteiger partial charge in [-0.05, 0) is 31.9 Å². The molecule has 0 bridgehead atoms. The van der Waals surface area contributed by atoms with Crippen LogP contribution >= 0.6 is 11.6 Å². The minimum atomic E-state index is 0.129. The maximum Gasteiger partial charge on any atom is 0.0454 e. The lowest BCUT2D eigenvalue weighted by molar-refractivity contribution is 0.479. The van der Waals surface area contributed by atoms with Crippen molar-refractivity contribution in [1.82, 2.24) is 4.98 Å². The van der Waals surface area contributed by atoms with E-state index in [1.807, 2.05) is 26.0 Å². The Morgan fingerprint density at radius 3 is 2.29 bits per heavy atom. The van der Waals surface area contributed by atoms with Crippen molar-refractivity contribution in [3.8, 4) is 0 Å². The number of aromatic nitrogens is 1. The van der Waals surface area contributed by atoms with Crippen LogP contribution in [0.2, 0.25) is 0 Å². The molecule has 2 heteroatoms. The van der Waals surface area contributed by atoms with Crippen LogP contribution in [0.15, 0.2) is 18.2 Å². The number of nitrogens with zero attached hydrogens (tertiary/aromatic N) is 1. The fourth-order valence-corrected chi connectivity index (χ4v) is 2.28. The van der Waals surface area contributed by atoms with Gasteiger partial charge in [0.15, 0.2) is 0 Å². The Morgan fingerprint density at radius 2 is 1.86 bits per heavy atom. The Kier molecular flexibility index (Phi) is 3.94. The van der Waals surface area contributed by atoms with Gasteiger partial charge in [0, 0.05) is 22.7 Å². The second-order valence-corrected chi connectivity index (χ2v) is 4.84. The van der Waals surface area contributed by atoms with Gasteiger partial charge in [-0.2, -0.15) is 0 Å². The molecule has 0 radical (unpaired) electrons. The molecule has 0 saturated carbocycles. The van der Waals surface area contributed by atoms with E-state index in [2.05, 4.69) is 24.9 Å². The SMILES string of the molecule is Cc1cccc(C(C(C)C)C(C)Cl)n1. The van der Waals surface area contributed by atoms with E-state index >= 15 is 0 Å². The van der Waals surface area contributed by atoms with E-state index in [-0.39, 0.29) is 5.38 Å². The summed E-state index contributed by atoms with van der Waals surface area (Å²) in [6, 6.07) is 6.13. The van der Waals surface area contributed by atoms with Crippen LogP contribution in [0, 0.1) is 12.8 Å². The monoisotopic (exact) mass is 211 g/mol. The van der Waals surface area contributed by atoms with Gasteiger partial charge >= 0.3 is 0 Å². The molecule has 1 aromatic heterocycles. The maximum absolute atomic E-state index is 6.19. The quantitative estimate of drug-likeness (QED) is 0.694. The standard InChI is InChI=1S/C12H18ClN/c1-8(2)12(10(4)13)11-7-5-6-9(3)14-11/h5-8,10,12H,1-4H3. The molecule has 1 nitrogen and oxygen atoms in total. The molecule has 14 heavy (non-hydrogen) atoms. The zero-order chi connectivity index (χ0) is 10.7. The van der Waals surface area contributed by atoms with Crippen LogP contribution in [0.5, 0.6) is 0 Å². The normalized spacial score (nSPS) is 15.6. The van der Waals surface area contributed by atoms with Crippen molar-refractivity contribution < 1.29 is 0 Å². The number of rotatable bonds is 3. The van der Waals surface area contributed by atoms with E-state index in [0.29, 0.717) is 11.8 Å². The highest BCUT2D eigenvalue weighted by atomic mass is 35.5. The van der Waals surface area contributed by atoms with Crippen LogP contribution in [0.4, 0.5) is 0 Å². The zero-order valence-electron chi connectivity index (χ0n) is 9.29. The van der Waals surface area contributed by atoms with Crippen molar-refractivity contribution in [2.24, 2.45) is 5.92 Å². The summed E-state index contributed by atoms with van der Waals surface area (Å²) in [4.78, 5) is 4.53. The lowest BCUT2D eigenvalue weighted by atomic mass is 9.89. The van der Waals surface area contributed by atoms with Crippen molar-refractivity contribution in [3.63, 3.8) is 0 Å². The highest BCUT2D eigenvalue weighted by molar-refractivity contribution is 6.20. The number of hydrogen-bond donors (Lipinski definition) is 0. The summed E-state index contributed by atoms with van der Waals surface area (Å²) in [7, 11) is 0. The molecule has 1 rings (SSSR count). The van der Waals surface area contributed by atoms with E-state index in [1.54, 1.807) is 0 Å². The average Bonchev–Trinajstić information content (AvgIpc) is 2.02. The zero-order valence-corrected chi connectivity index (χ0v) is 10.0. The van der Waals surface area contributed by atoms with Gasteiger partial charge in [-0.15, -0.1) is 11.6 Å². The number of hydrogen-bond acceptors (Lipinski definition) is 1. The smallest absolute Gasteiger partial charge is 0.0454 e. The highest BCUT2D eigenvalue weighted by Gasteiger charge is 2.22. The van der Waals surface area contributed by atoms with Gasteiger partial charge in [0.2, 0.25) is 0 Å². The third kappa shape index (κ3) is 2.71. The molecule has 0 fully saturated rings. The van der Waals surface area contributed by atoms with Crippen LogP contribution in [0.1, 0.15) is 38.1 Å². The molecular weight excluding hydrogens is 194 g/mol.